The molecule has 0 aromatic heterocycles. The molecule has 1 aromatic rings. The van der Waals surface area contributed by atoms with Crippen LogP contribution in [0.15, 0.2) is 18.2 Å². The first-order valence-corrected chi connectivity index (χ1v) is 7.56. The molecule has 4 nitrogen and oxygen atoms in total. The number of carbonyl (C=O) groups is 1. The molecule has 1 heterocycles. The molecule has 4 heteroatoms. The fourth-order valence-corrected chi connectivity index (χ4v) is 2.66. The monoisotopic (exact) mass is 290 g/mol. The largest absolute Gasteiger partial charge is 0.444 e. The zero-order valence-electron chi connectivity index (χ0n) is 13.7. The Hall–Kier alpha value is -1.71. The Balaban J connectivity index is 1.92. The summed E-state index contributed by atoms with van der Waals surface area (Å²) in [6.45, 7) is 11.3. The van der Waals surface area contributed by atoms with Gasteiger partial charge < -0.3 is 15.0 Å². The molecule has 1 fully saturated rings. The van der Waals surface area contributed by atoms with E-state index in [0.29, 0.717) is 12.6 Å². The van der Waals surface area contributed by atoms with Crippen LogP contribution >= 0.6 is 0 Å². The molecule has 0 saturated carbocycles. The second-order valence-electron chi connectivity index (χ2n) is 6.93. The first kappa shape index (κ1) is 15.7. The van der Waals surface area contributed by atoms with E-state index in [1.807, 2.05) is 20.8 Å². The topological polar surface area (TPSA) is 41.6 Å². The average Bonchev–Trinajstić information content (AvgIpc) is 2.73. The molecule has 1 aliphatic rings. The van der Waals surface area contributed by atoms with E-state index in [1.54, 1.807) is 4.90 Å². The second kappa shape index (κ2) is 5.96. The number of likely N-dealkylation sites (tertiary alicyclic amines) is 1. The summed E-state index contributed by atoms with van der Waals surface area (Å²) in [7, 11) is 0. The number of aryl methyl sites for hydroxylation is 2. The summed E-state index contributed by atoms with van der Waals surface area (Å²) in [5.41, 5.74) is 3.19. The predicted molar refractivity (Wildman–Crippen MR) is 85.8 cm³/mol. The SMILES string of the molecule is Cc1cc(C)cc(NC2CCN(C(=O)OC(C)(C)C)C2)c1. The van der Waals surface area contributed by atoms with Crippen LogP contribution in [0.4, 0.5) is 10.5 Å². The summed E-state index contributed by atoms with van der Waals surface area (Å²) < 4.78 is 5.42. The van der Waals surface area contributed by atoms with E-state index in [2.05, 4.69) is 37.4 Å². The van der Waals surface area contributed by atoms with Gasteiger partial charge in [0.25, 0.3) is 0 Å². The van der Waals surface area contributed by atoms with Crippen LogP contribution in [0.3, 0.4) is 0 Å². The maximum absolute atomic E-state index is 12.0. The highest BCUT2D eigenvalue weighted by Gasteiger charge is 2.29. The Kier molecular flexibility index (Phi) is 4.45. The van der Waals surface area contributed by atoms with Gasteiger partial charge in [0.2, 0.25) is 0 Å². The summed E-state index contributed by atoms with van der Waals surface area (Å²) in [6.07, 6.45) is 0.735. The van der Waals surface area contributed by atoms with Gasteiger partial charge in [-0.25, -0.2) is 4.79 Å². The number of benzene rings is 1. The molecular weight excluding hydrogens is 264 g/mol. The highest BCUT2D eigenvalue weighted by molar-refractivity contribution is 5.68. The molecule has 1 N–H and O–H groups in total. The van der Waals surface area contributed by atoms with Gasteiger partial charge in [-0.2, -0.15) is 0 Å². The van der Waals surface area contributed by atoms with Crippen LogP contribution in [0.25, 0.3) is 0 Å². The number of amides is 1. The van der Waals surface area contributed by atoms with Crippen molar-refractivity contribution in [2.24, 2.45) is 0 Å². The van der Waals surface area contributed by atoms with Crippen LogP contribution in [0.2, 0.25) is 0 Å². The molecule has 1 unspecified atom stereocenters. The fraction of sp³-hybridized carbons (Fsp3) is 0.588. The molecule has 116 valence electrons. The number of ether oxygens (including phenoxy) is 1. The molecule has 0 aliphatic carbocycles. The third-order valence-electron chi connectivity index (χ3n) is 3.43. The van der Waals surface area contributed by atoms with Crippen molar-refractivity contribution in [2.75, 3.05) is 18.4 Å². The summed E-state index contributed by atoms with van der Waals surface area (Å²) in [4.78, 5) is 13.8. The summed E-state index contributed by atoms with van der Waals surface area (Å²) in [6, 6.07) is 6.73. The summed E-state index contributed by atoms with van der Waals surface area (Å²) in [5, 5.41) is 3.52. The minimum Gasteiger partial charge on any atom is -0.444 e. The first-order chi connectivity index (χ1) is 9.73. The number of anilines is 1. The van der Waals surface area contributed by atoms with Crippen molar-refractivity contribution in [3.05, 3.63) is 29.3 Å². The Labute approximate surface area is 127 Å². The summed E-state index contributed by atoms with van der Waals surface area (Å²) in [5.74, 6) is 0. The molecule has 1 atom stereocenters. The highest BCUT2D eigenvalue weighted by Crippen LogP contribution is 2.20. The van der Waals surface area contributed by atoms with Gasteiger partial charge >= 0.3 is 6.09 Å². The predicted octanol–water partition coefficient (Wildman–Crippen LogP) is 3.72. The standard InChI is InChI=1S/C17H26N2O2/c1-12-8-13(2)10-15(9-12)18-14-6-7-19(11-14)16(20)21-17(3,4)5/h8-10,14,18H,6-7,11H2,1-5H3. The fourth-order valence-electron chi connectivity index (χ4n) is 2.66. The smallest absolute Gasteiger partial charge is 0.410 e. The maximum atomic E-state index is 12.0. The normalized spacial score (nSPS) is 18.7. The molecule has 0 radical (unpaired) electrons. The van der Waals surface area contributed by atoms with Gasteiger partial charge in [-0.15, -0.1) is 0 Å². The van der Waals surface area contributed by atoms with Crippen molar-refractivity contribution in [3.8, 4) is 0 Å². The van der Waals surface area contributed by atoms with Crippen molar-refractivity contribution in [3.63, 3.8) is 0 Å². The van der Waals surface area contributed by atoms with Crippen LogP contribution in [0.1, 0.15) is 38.3 Å². The highest BCUT2D eigenvalue weighted by atomic mass is 16.6. The Morgan fingerprint density at radius 2 is 1.86 bits per heavy atom. The Morgan fingerprint density at radius 3 is 2.43 bits per heavy atom. The van der Waals surface area contributed by atoms with Crippen molar-refractivity contribution < 1.29 is 9.53 Å². The lowest BCUT2D eigenvalue weighted by atomic mass is 10.1. The number of nitrogens with zero attached hydrogens (tertiary/aromatic N) is 1. The molecular formula is C17H26N2O2. The third kappa shape index (κ3) is 4.66. The van der Waals surface area contributed by atoms with Gasteiger partial charge in [-0.1, -0.05) is 6.07 Å². The van der Waals surface area contributed by atoms with E-state index in [9.17, 15) is 4.79 Å². The lowest BCUT2D eigenvalue weighted by Crippen LogP contribution is -2.36. The van der Waals surface area contributed by atoms with Crippen LogP contribution in [0, 0.1) is 13.8 Å². The van der Waals surface area contributed by atoms with E-state index in [-0.39, 0.29) is 6.09 Å². The van der Waals surface area contributed by atoms with E-state index < -0.39 is 5.60 Å². The number of hydrogen-bond acceptors (Lipinski definition) is 3. The number of rotatable bonds is 2. The molecule has 21 heavy (non-hydrogen) atoms. The van der Waals surface area contributed by atoms with Gasteiger partial charge in [-0.05, 0) is 64.3 Å². The minimum atomic E-state index is -0.434. The minimum absolute atomic E-state index is 0.216. The van der Waals surface area contributed by atoms with Crippen LogP contribution in [-0.4, -0.2) is 35.7 Å². The molecule has 1 amide bonds. The lowest BCUT2D eigenvalue weighted by molar-refractivity contribution is 0.0293. The Bertz CT molecular complexity index is 500. The summed E-state index contributed by atoms with van der Waals surface area (Å²) >= 11 is 0. The second-order valence-corrected chi connectivity index (χ2v) is 6.93. The molecule has 0 bridgehead atoms. The van der Waals surface area contributed by atoms with Crippen molar-refractivity contribution in [1.82, 2.24) is 4.90 Å². The van der Waals surface area contributed by atoms with E-state index >= 15 is 0 Å². The van der Waals surface area contributed by atoms with Crippen LogP contribution in [0.5, 0.6) is 0 Å². The van der Waals surface area contributed by atoms with Crippen LogP contribution in [-0.2, 0) is 4.74 Å². The van der Waals surface area contributed by atoms with Crippen molar-refractivity contribution in [2.45, 2.75) is 52.7 Å². The van der Waals surface area contributed by atoms with Crippen molar-refractivity contribution in [1.29, 1.82) is 0 Å². The quantitative estimate of drug-likeness (QED) is 0.902. The zero-order valence-corrected chi connectivity index (χ0v) is 13.7. The van der Waals surface area contributed by atoms with Gasteiger partial charge in [0.1, 0.15) is 5.60 Å². The first-order valence-electron chi connectivity index (χ1n) is 7.56. The number of carbonyl (C=O) groups excluding carboxylic acids is 1. The molecule has 1 aromatic carbocycles. The van der Waals surface area contributed by atoms with E-state index in [1.165, 1.54) is 11.1 Å². The molecule has 2 rings (SSSR count). The van der Waals surface area contributed by atoms with Crippen LogP contribution < -0.4 is 5.32 Å². The van der Waals surface area contributed by atoms with Gasteiger partial charge in [0.15, 0.2) is 0 Å². The Morgan fingerprint density at radius 1 is 1.24 bits per heavy atom. The third-order valence-corrected chi connectivity index (χ3v) is 3.43. The average molecular weight is 290 g/mol. The molecule has 1 saturated heterocycles. The van der Waals surface area contributed by atoms with Gasteiger partial charge in [-0.3, -0.25) is 0 Å². The van der Waals surface area contributed by atoms with E-state index in [0.717, 1.165) is 18.7 Å². The molecule has 1 aliphatic heterocycles. The van der Waals surface area contributed by atoms with E-state index in [4.69, 9.17) is 4.74 Å². The zero-order chi connectivity index (χ0) is 15.6. The number of hydrogen-bond donors (Lipinski definition) is 1. The number of nitrogens with one attached hydrogen (secondary N) is 1. The maximum Gasteiger partial charge on any atom is 0.410 e. The van der Waals surface area contributed by atoms with Crippen molar-refractivity contribution >= 4 is 11.8 Å². The van der Waals surface area contributed by atoms with Gasteiger partial charge in [0, 0.05) is 24.8 Å². The van der Waals surface area contributed by atoms with Gasteiger partial charge in [0.05, 0.1) is 0 Å². The molecule has 0 spiro atoms. The lowest BCUT2D eigenvalue weighted by Gasteiger charge is -2.24.